The van der Waals surface area contributed by atoms with E-state index in [2.05, 4.69) is 0 Å². The quantitative estimate of drug-likeness (QED) is 0.607. The first-order valence-electron chi connectivity index (χ1n) is 11.0. The van der Waals surface area contributed by atoms with Crippen LogP contribution in [0.5, 0.6) is 5.75 Å². The van der Waals surface area contributed by atoms with Crippen LogP contribution in [0.3, 0.4) is 0 Å². The fourth-order valence-electron chi connectivity index (χ4n) is 4.58. The fourth-order valence-corrected chi connectivity index (χ4v) is 4.58. The first kappa shape index (κ1) is 23.0. The number of rotatable bonds is 4. The van der Waals surface area contributed by atoms with Crippen molar-refractivity contribution in [3.8, 4) is 16.9 Å². The highest BCUT2D eigenvalue weighted by Crippen LogP contribution is 2.41. The molecular weight excluding hydrogens is 425 g/mol. The molecule has 1 atom stereocenters. The Hall–Kier alpha value is -3.19. The Kier molecular flexibility index (Phi) is 5.78. The Morgan fingerprint density at radius 2 is 1.97 bits per heavy atom. The third-order valence-electron chi connectivity index (χ3n) is 6.02. The first-order valence-corrected chi connectivity index (χ1v) is 11.0. The molecular formula is C26H28FNO5. The largest absolute Gasteiger partial charge is 0.493 e. The van der Waals surface area contributed by atoms with Crippen molar-refractivity contribution in [1.82, 2.24) is 4.57 Å². The van der Waals surface area contributed by atoms with Gasteiger partial charge in [0.25, 0.3) is 5.56 Å². The SMILES string of the molecule is Cc1c(-c2c(C(OC(C)(C)C)C(=O)O)n(C)c(=O)c3c(F)cccc23)ccc2c1CCCO2. The average Bonchev–Trinajstić information content (AvgIpc) is 2.75. The summed E-state index contributed by atoms with van der Waals surface area (Å²) in [6, 6.07) is 8.13. The lowest BCUT2D eigenvalue weighted by atomic mass is 9.88. The average molecular weight is 454 g/mol. The van der Waals surface area contributed by atoms with E-state index in [9.17, 15) is 19.1 Å². The molecule has 174 valence electrons. The number of hydrogen-bond acceptors (Lipinski definition) is 4. The van der Waals surface area contributed by atoms with E-state index in [1.165, 1.54) is 23.7 Å². The van der Waals surface area contributed by atoms with E-state index in [0.29, 0.717) is 17.6 Å². The van der Waals surface area contributed by atoms with Gasteiger partial charge in [-0.15, -0.1) is 0 Å². The molecule has 3 aromatic rings. The minimum atomic E-state index is -1.43. The maximum absolute atomic E-state index is 14.9. The molecule has 2 heterocycles. The number of carboxylic acid groups (broad SMARTS) is 1. The summed E-state index contributed by atoms with van der Waals surface area (Å²) < 4.78 is 27.8. The molecule has 0 saturated carbocycles. The molecule has 0 amide bonds. The van der Waals surface area contributed by atoms with E-state index < -0.39 is 29.1 Å². The summed E-state index contributed by atoms with van der Waals surface area (Å²) in [6.45, 7) is 7.85. The van der Waals surface area contributed by atoms with Gasteiger partial charge in [-0.3, -0.25) is 4.79 Å². The minimum Gasteiger partial charge on any atom is -0.493 e. The number of nitrogens with zero attached hydrogens (tertiary/aromatic N) is 1. The maximum Gasteiger partial charge on any atom is 0.339 e. The number of carbonyl (C=O) groups is 1. The van der Waals surface area contributed by atoms with Crippen molar-refractivity contribution >= 4 is 16.7 Å². The number of fused-ring (bicyclic) bond motifs is 2. The van der Waals surface area contributed by atoms with Gasteiger partial charge in [-0.25, -0.2) is 9.18 Å². The van der Waals surface area contributed by atoms with Crippen LogP contribution >= 0.6 is 0 Å². The van der Waals surface area contributed by atoms with E-state index in [1.807, 2.05) is 19.1 Å². The van der Waals surface area contributed by atoms with Crippen LogP contribution < -0.4 is 10.3 Å². The molecule has 6 nitrogen and oxygen atoms in total. The van der Waals surface area contributed by atoms with Gasteiger partial charge in [0.05, 0.1) is 23.3 Å². The summed E-state index contributed by atoms with van der Waals surface area (Å²) in [5, 5.41) is 10.4. The lowest BCUT2D eigenvalue weighted by molar-refractivity contribution is -0.161. The molecule has 1 aliphatic rings. The minimum absolute atomic E-state index is 0.0768. The Labute approximate surface area is 191 Å². The normalized spacial score (nSPS) is 14.6. The van der Waals surface area contributed by atoms with Crippen molar-refractivity contribution in [2.45, 2.75) is 52.2 Å². The van der Waals surface area contributed by atoms with Gasteiger partial charge < -0.3 is 19.1 Å². The number of ether oxygens (including phenoxy) is 2. The number of pyridine rings is 1. The van der Waals surface area contributed by atoms with E-state index >= 15 is 0 Å². The first-order chi connectivity index (χ1) is 15.5. The highest BCUT2D eigenvalue weighted by atomic mass is 19.1. The van der Waals surface area contributed by atoms with Gasteiger partial charge >= 0.3 is 5.97 Å². The van der Waals surface area contributed by atoms with Crippen LogP contribution in [0.1, 0.15) is 50.1 Å². The molecule has 7 heteroatoms. The molecule has 4 rings (SSSR count). The zero-order chi connectivity index (χ0) is 24.1. The summed E-state index contributed by atoms with van der Waals surface area (Å²) >= 11 is 0. The Morgan fingerprint density at radius 1 is 1.24 bits per heavy atom. The number of aromatic nitrogens is 1. The predicted octanol–water partition coefficient (Wildman–Crippen LogP) is 4.92. The summed E-state index contributed by atoms with van der Waals surface area (Å²) in [5.74, 6) is -1.08. The second kappa shape index (κ2) is 8.30. The molecule has 0 spiro atoms. The monoisotopic (exact) mass is 453 g/mol. The van der Waals surface area contributed by atoms with Crippen LogP contribution in [0.25, 0.3) is 21.9 Å². The maximum atomic E-state index is 14.9. The molecule has 0 bridgehead atoms. The Bertz CT molecular complexity index is 1320. The Balaban J connectivity index is 2.16. The van der Waals surface area contributed by atoms with Crippen LogP contribution in [0.4, 0.5) is 4.39 Å². The van der Waals surface area contributed by atoms with E-state index in [0.717, 1.165) is 35.3 Å². The molecule has 0 radical (unpaired) electrons. The van der Waals surface area contributed by atoms with Gasteiger partial charge in [0.2, 0.25) is 0 Å². The number of benzene rings is 2. The third-order valence-corrected chi connectivity index (χ3v) is 6.02. The molecule has 0 saturated heterocycles. The zero-order valence-electron chi connectivity index (χ0n) is 19.5. The highest BCUT2D eigenvalue weighted by Gasteiger charge is 2.34. The van der Waals surface area contributed by atoms with E-state index in [4.69, 9.17) is 9.47 Å². The number of halogens is 1. The molecule has 1 aromatic heterocycles. The topological polar surface area (TPSA) is 77.8 Å². The summed E-state index contributed by atoms with van der Waals surface area (Å²) in [5.41, 5.74) is 1.93. The smallest absolute Gasteiger partial charge is 0.339 e. The molecule has 1 aliphatic heterocycles. The van der Waals surface area contributed by atoms with Crippen molar-refractivity contribution in [3.05, 3.63) is 63.3 Å². The van der Waals surface area contributed by atoms with Crippen molar-refractivity contribution in [3.63, 3.8) is 0 Å². The van der Waals surface area contributed by atoms with E-state index in [-0.39, 0.29) is 11.1 Å². The highest BCUT2D eigenvalue weighted by molar-refractivity contribution is 6.00. The number of hydrogen-bond donors (Lipinski definition) is 1. The van der Waals surface area contributed by atoms with Crippen LogP contribution in [0, 0.1) is 12.7 Å². The van der Waals surface area contributed by atoms with Crippen molar-refractivity contribution in [1.29, 1.82) is 0 Å². The standard InChI is InChI=1S/C26H28FNO5/c1-14-15-9-7-13-32-19(15)12-11-16(14)20-17-8-6-10-18(27)21(17)24(29)28(5)22(20)23(25(30)31)33-26(2,3)4/h6,8,10-12,23H,7,9,13H2,1-5H3,(H,30,31). The summed E-state index contributed by atoms with van der Waals surface area (Å²) in [4.78, 5) is 25.6. The summed E-state index contributed by atoms with van der Waals surface area (Å²) in [6.07, 6.45) is 0.262. The van der Waals surface area contributed by atoms with E-state index in [1.54, 1.807) is 26.8 Å². The van der Waals surface area contributed by atoms with Gasteiger partial charge in [-0.05, 0) is 74.7 Å². The predicted molar refractivity (Wildman–Crippen MR) is 124 cm³/mol. The van der Waals surface area contributed by atoms with Gasteiger partial charge in [-0.2, -0.15) is 0 Å². The molecule has 1 unspecified atom stereocenters. The van der Waals surface area contributed by atoms with Gasteiger partial charge in [0.15, 0.2) is 6.10 Å². The van der Waals surface area contributed by atoms with Crippen LogP contribution in [-0.4, -0.2) is 27.9 Å². The van der Waals surface area contributed by atoms with Crippen molar-refractivity contribution in [2.75, 3.05) is 6.61 Å². The van der Waals surface area contributed by atoms with Gasteiger partial charge in [0, 0.05) is 12.6 Å². The fraction of sp³-hybridized carbons (Fsp3) is 0.385. The molecule has 0 fully saturated rings. The molecule has 2 aromatic carbocycles. The van der Waals surface area contributed by atoms with Crippen LogP contribution in [0.2, 0.25) is 0 Å². The van der Waals surface area contributed by atoms with Crippen molar-refractivity contribution in [2.24, 2.45) is 7.05 Å². The van der Waals surface area contributed by atoms with Gasteiger partial charge in [-0.1, -0.05) is 18.2 Å². The molecule has 0 aliphatic carbocycles. The second-order valence-corrected chi connectivity index (χ2v) is 9.40. The van der Waals surface area contributed by atoms with Crippen molar-refractivity contribution < 1.29 is 23.8 Å². The molecule has 33 heavy (non-hydrogen) atoms. The summed E-state index contributed by atoms with van der Waals surface area (Å²) in [7, 11) is 1.46. The van der Waals surface area contributed by atoms with Gasteiger partial charge in [0.1, 0.15) is 11.6 Å². The second-order valence-electron chi connectivity index (χ2n) is 9.40. The molecule has 1 N–H and O–H groups in total. The van der Waals surface area contributed by atoms with Crippen LogP contribution in [0.15, 0.2) is 35.1 Å². The Morgan fingerprint density at radius 3 is 2.64 bits per heavy atom. The zero-order valence-corrected chi connectivity index (χ0v) is 19.5. The lowest BCUT2D eigenvalue weighted by Crippen LogP contribution is -2.33. The van der Waals surface area contributed by atoms with Crippen LogP contribution in [-0.2, 0) is 23.0 Å². The third kappa shape index (κ3) is 4.02. The lowest BCUT2D eigenvalue weighted by Gasteiger charge is -2.29. The number of carboxylic acids is 1. The number of aliphatic carboxylic acids is 1.